The molecule has 7 rings (SSSR count). The number of hydrogen-bond acceptors (Lipinski definition) is 6. The van der Waals surface area contributed by atoms with Gasteiger partial charge >= 0.3 is 0 Å². The van der Waals surface area contributed by atoms with Gasteiger partial charge in [0.25, 0.3) is 0 Å². The molecule has 41 heavy (non-hydrogen) atoms. The van der Waals surface area contributed by atoms with Gasteiger partial charge in [-0.2, -0.15) is 0 Å². The number of carbonyl (C=O) groups excluding carboxylic acids is 2. The highest BCUT2D eigenvalue weighted by Crippen LogP contribution is 2.47. The van der Waals surface area contributed by atoms with Gasteiger partial charge in [-0.05, 0) is 74.1 Å². The van der Waals surface area contributed by atoms with Crippen molar-refractivity contribution < 1.29 is 23.5 Å². The van der Waals surface area contributed by atoms with Crippen LogP contribution in [0.3, 0.4) is 0 Å². The van der Waals surface area contributed by atoms with Crippen LogP contribution in [0, 0.1) is 17.2 Å². The topological polar surface area (TPSA) is 102 Å². The molecule has 208 valence electrons. The molecule has 8 nitrogen and oxygen atoms in total. The number of fused-ring (bicyclic) bond motifs is 2. The molecule has 0 spiro atoms. The minimum Gasteiger partial charge on any atom is -0.492 e. The lowest BCUT2D eigenvalue weighted by Crippen LogP contribution is -2.35. The molecule has 3 fully saturated rings. The molecule has 3 aliphatic rings. The standard InChI is InChI=1S/C32H29FN4O4/c33-25-16-21(37-31(39)32(11-12-32)30(38)36-20-4-2-1-3-5-20)6-9-29(25)41-28-10-13-34-27-17-23(7-8-24(27)28)40-18-22-14-19-15-26(19)35-22/h1-10,13,16-17,19,22,26,35H,11-12,14-15,18H2,(H,36,38)(H,37,39)/t19?,22-,26?/m1/s1. The van der Waals surface area contributed by atoms with Crippen molar-refractivity contribution in [2.45, 2.75) is 37.8 Å². The molecule has 1 saturated heterocycles. The van der Waals surface area contributed by atoms with Crippen LogP contribution in [-0.4, -0.2) is 35.5 Å². The Bertz CT molecular complexity index is 1630. The van der Waals surface area contributed by atoms with Gasteiger partial charge in [0.15, 0.2) is 11.6 Å². The minimum atomic E-state index is -1.16. The molecular weight excluding hydrogens is 523 g/mol. The van der Waals surface area contributed by atoms with Gasteiger partial charge in [0, 0.05) is 47.2 Å². The highest BCUT2D eigenvalue weighted by molar-refractivity contribution is 6.16. The fourth-order valence-electron chi connectivity index (χ4n) is 5.53. The van der Waals surface area contributed by atoms with Crippen LogP contribution in [0.25, 0.3) is 10.9 Å². The maximum Gasteiger partial charge on any atom is 0.240 e. The number of ether oxygens (including phenoxy) is 2. The van der Waals surface area contributed by atoms with Gasteiger partial charge in [-0.3, -0.25) is 14.6 Å². The number of pyridine rings is 1. The second-order valence-electron chi connectivity index (χ2n) is 11.1. The Morgan fingerprint density at radius 3 is 2.46 bits per heavy atom. The summed E-state index contributed by atoms with van der Waals surface area (Å²) >= 11 is 0. The fraction of sp³-hybridized carbons (Fsp3) is 0.281. The number of aromatic nitrogens is 1. The molecule has 3 N–H and O–H groups in total. The summed E-state index contributed by atoms with van der Waals surface area (Å²) in [4.78, 5) is 30.2. The number of anilines is 2. The predicted octanol–water partition coefficient (Wildman–Crippen LogP) is 5.65. The van der Waals surface area contributed by atoms with Gasteiger partial charge in [0.1, 0.15) is 23.5 Å². The summed E-state index contributed by atoms with van der Waals surface area (Å²) in [7, 11) is 0. The highest BCUT2D eigenvalue weighted by Gasteiger charge is 2.56. The number of nitrogens with zero attached hydrogens (tertiary/aromatic N) is 1. The van der Waals surface area contributed by atoms with E-state index in [1.165, 1.54) is 18.6 Å². The lowest BCUT2D eigenvalue weighted by molar-refractivity contribution is -0.131. The van der Waals surface area contributed by atoms with E-state index in [1.54, 1.807) is 42.6 Å². The van der Waals surface area contributed by atoms with Gasteiger partial charge in [-0.25, -0.2) is 4.39 Å². The van der Waals surface area contributed by atoms with Crippen molar-refractivity contribution in [3.63, 3.8) is 0 Å². The van der Waals surface area contributed by atoms with E-state index in [4.69, 9.17) is 9.47 Å². The number of amides is 2. The number of para-hydroxylation sites is 1. The quantitative estimate of drug-likeness (QED) is 0.232. The molecule has 1 aromatic heterocycles. The number of rotatable bonds is 9. The van der Waals surface area contributed by atoms with Crippen LogP contribution >= 0.6 is 0 Å². The Hall–Kier alpha value is -4.50. The van der Waals surface area contributed by atoms with Gasteiger partial charge < -0.3 is 25.4 Å². The molecule has 0 bridgehead atoms. The summed E-state index contributed by atoms with van der Waals surface area (Å²) in [6.07, 6.45) is 4.91. The molecule has 0 radical (unpaired) electrons. The first kappa shape index (κ1) is 25.5. The van der Waals surface area contributed by atoms with E-state index in [1.807, 2.05) is 24.3 Å². The van der Waals surface area contributed by atoms with Crippen LogP contribution in [0.2, 0.25) is 0 Å². The van der Waals surface area contributed by atoms with Crippen LogP contribution in [0.5, 0.6) is 17.2 Å². The van der Waals surface area contributed by atoms with Crippen molar-refractivity contribution in [3.8, 4) is 17.2 Å². The van der Waals surface area contributed by atoms with E-state index in [-0.39, 0.29) is 17.3 Å². The molecule has 9 heteroatoms. The summed E-state index contributed by atoms with van der Waals surface area (Å²) in [6.45, 7) is 0.613. The zero-order valence-electron chi connectivity index (χ0n) is 22.2. The third kappa shape index (κ3) is 5.20. The van der Waals surface area contributed by atoms with Crippen molar-refractivity contribution >= 4 is 34.1 Å². The van der Waals surface area contributed by atoms with E-state index < -0.39 is 17.1 Å². The smallest absolute Gasteiger partial charge is 0.240 e. The second kappa shape index (κ2) is 10.2. The first-order valence-electron chi connectivity index (χ1n) is 13.9. The molecule has 2 unspecified atom stereocenters. The Morgan fingerprint density at radius 1 is 0.927 bits per heavy atom. The number of nitrogens with one attached hydrogen (secondary N) is 3. The van der Waals surface area contributed by atoms with E-state index in [2.05, 4.69) is 20.9 Å². The van der Waals surface area contributed by atoms with E-state index in [0.717, 1.165) is 23.5 Å². The van der Waals surface area contributed by atoms with Gasteiger partial charge in [-0.15, -0.1) is 0 Å². The first-order chi connectivity index (χ1) is 20.0. The van der Waals surface area contributed by atoms with Crippen LogP contribution in [0.15, 0.2) is 79.0 Å². The zero-order valence-corrected chi connectivity index (χ0v) is 22.2. The molecular formula is C32H29FN4O4. The molecule has 2 heterocycles. The molecule has 1 aliphatic heterocycles. The van der Waals surface area contributed by atoms with Gasteiger partial charge in [-0.1, -0.05) is 18.2 Å². The van der Waals surface area contributed by atoms with Crippen LogP contribution in [-0.2, 0) is 9.59 Å². The summed E-state index contributed by atoms with van der Waals surface area (Å²) in [5, 5.41) is 9.78. The summed E-state index contributed by atoms with van der Waals surface area (Å²) in [5.74, 6) is 0.515. The van der Waals surface area contributed by atoms with E-state index in [9.17, 15) is 9.59 Å². The minimum absolute atomic E-state index is 0.00431. The Kier molecular flexibility index (Phi) is 6.31. The van der Waals surface area contributed by atoms with Crippen molar-refractivity contribution in [2.75, 3.05) is 17.2 Å². The van der Waals surface area contributed by atoms with Gasteiger partial charge in [0.05, 0.1) is 5.52 Å². The number of hydrogen-bond donors (Lipinski definition) is 3. The third-order valence-corrected chi connectivity index (χ3v) is 8.15. The molecule has 4 aromatic rings. The maximum atomic E-state index is 15.1. The number of halogens is 1. The average Bonchev–Trinajstić information content (AvgIpc) is 3.91. The lowest BCUT2D eigenvalue weighted by atomic mass is 10.0. The third-order valence-electron chi connectivity index (χ3n) is 8.15. The first-order valence-corrected chi connectivity index (χ1v) is 13.9. The highest BCUT2D eigenvalue weighted by atomic mass is 19.1. The SMILES string of the molecule is O=C(Nc1ccccc1)C1(C(=O)Nc2ccc(Oc3ccnc4cc(OC[C@H]5CC6CC6N5)ccc34)c(F)c2)CC1. The van der Waals surface area contributed by atoms with Crippen molar-refractivity contribution in [3.05, 3.63) is 84.8 Å². The number of piperidine rings is 1. The average molecular weight is 553 g/mol. The summed E-state index contributed by atoms with van der Waals surface area (Å²) in [6, 6.07) is 21.5. The van der Waals surface area contributed by atoms with Crippen molar-refractivity contribution in [2.24, 2.45) is 11.3 Å². The molecule has 3 atom stereocenters. The molecule has 2 aliphatic carbocycles. The largest absolute Gasteiger partial charge is 0.492 e. The maximum absolute atomic E-state index is 15.1. The number of carbonyl (C=O) groups is 2. The fourth-order valence-corrected chi connectivity index (χ4v) is 5.53. The van der Waals surface area contributed by atoms with Crippen molar-refractivity contribution in [1.29, 1.82) is 0 Å². The monoisotopic (exact) mass is 552 g/mol. The van der Waals surface area contributed by atoms with E-state index in [0.29, 0.717) is 48.5 Å². The second-order valence-corrected chi connectivity index (χ2v) is 11.1. The lowest BCUT2D eigenvalue weighted by Gasteiger charge is -2.16. The van der Waals surface area contributed by atoms with Gasteiger partial charge in [0.2, 0.25) is 11.8 Å². The Morgan fingerprint density at radius 2 is 1.73 bits per heavy atom. The number of benzene rings is 3. The Balaban J connectivity index is 1.00. The normalized spacial score (nSPS) is 21.5. The van der Waals surface area contributed by atoms with Crippen LogP contribution in [0.4, 0.5) is 15.8 Å². The Labute approximate surface area is 236 Å². The predicted molar refractivity (Wildman–Crippen MR) is 153 cm³/mol. The van der Waals surface area contributed by atoms with E-state index >= 15 is 4.39 Å². The summed E-state index contributed by atoms with van der Waals surface area (Å²) < 4.78 is 27.0. The molecule has 2 amide bonds. The van der Waals surface area contributed by atoms with Crippen LogP contribution < -0.4 is 25.4 Å². The van der Waals surface area contributed by atoms with Crippen LogP contribution in [0.1, 0.15) is 25.7 Å². The summed E-state index contributed by atoms with van der Waals surface area (Å²) in [5.41, 5.74) is 0.381. The molecule has 3 aromatic carbocycles. The van der Waals surface area contributed by atoms with Crippen molar-refractivity contribution in [1.82, 2.24) is 10.3 Å². The molecule has 2 saturated carbocycles. The zero-order chi connectivity index (χ0) is 28.0.